The van der Waals surface area contributed by atoms with Gasteiger partial charge in [-0.1, -0.05) is 23.8 Å². The summed E-state index contributed by atoms with van der Waals surface area (Å²) in [6.07, 6.45) is -0.373. The molecule has 1 aliphatic rings. The maximum absolute atomic E-state index is 12.1. The molecule has 0 spiro atoms. The lowest BCUT2D eigenvalue weighted by atomic mass is 10.00. The fraction of sp³-hybridized carbons (Fsp3) is 0.533. The van der Waals surface area contributed by atoms with E-state index in [0.29, 0.717) is 13.2 Å². The summed E-state index contributed by atoms with van der Waals surface area (Å²) in [5.74, 6) is -0.0420. The summed E-state index contributed by atoms with van der Waals surface area (Å²) in [5, 5.41) is 6.18. The van der Waals surface area contributed by atoms with Crippen LogP contribution in [-0.2, 0) is 9.53 Å². The zero-order chi connectivity index (χ0) is 13.8. The molecule has 104 valence electrons. The number of nitrogens with one attached hydrogen (secondary N) is 2. The maximum atomic E-state index is 12.1. The Balaban J connectivity index is 1.99. The van der Waals surface area contributed by atoms with E-state index in [1.54, 1.807) is 0 Å². The Morgan fingerprint density at radius 3 is 2.89 bits per heavy atom. The average Bonchev–Trinajstić information content (AvgIpc) is 2.39. The van der Waals surface area contributed by atoms with E-state index in [1.807, 2.05) is 6.92 Å². The minimum absolute atomic E-state index is 0.00127. The summed E-state index contributed by atoms with van der Waals surface area (Å²) in [5.41, 5.74) is 3.60. The monoisotopic (exact) mass is 262 g/mol. The Bertz CT molecular complexity index is 453. The molecule has 2 unspecified atom stereocenters. The van der Waals surface area contributed by atoms with Crippen LogP contribution >= 0.6 is 0 Å². The molecule has 2 rings (SSSR count). The summed E-state index contributed by atoms with van der Waals surface area (Å²) in [6.45, 7) is 8.15. The molecule has 1 aromatic rings. The van der Waals surface area contributed by atoms with Crippen LogP contribution in [0.25, 0.3) is 0 Å². The molecular formula is C15H22N2O2. The Morgan fingerprint density at radius 1 is 1.47 bits per heavy atom. The van der Waals surface area contributed by atoms with Crippen molar-refractivity contribution in [2.45, 2.75) is 32.9 Å². The predicted molar refractivity (Wildman–Crippen MR) is 75.1 cm³/mol. The highest BCUT2D eigenvalue weighted by Crippen LogP contribution is 2.18. The number of hydrogen-bond donors (Lipinski definition) is 2. The van der Waals surface area contributed by atoms with E-state index < -0.39 is 0 Å². The van der Waals surface area contributed by atoms with Crippen molar-refractivity contribution in [1.29, 1.82) is 0 Å². The lowest BCUT2D eigenvalue weighted by Gasteiger charge is -2.25. The third-order valence-electron chi connectivity index (χ3n) is 3.47. The van der Waals surface area contributed by atoms with Gasteiger partial charge in [-0.15, -0.1) is 0 Å². The third kappa shape index (κ3) is 3.55. The fourth-order valence-electron chi connectivity index (χ4n) is 2.43. The predicted octanol–water partition coefficient (Wildman–Crippen LogP) is 1.47. The summed E-state index contributed by atoms with van der Waals surface area (Å²) in [4.78, 5) is 12.1. The number of hydrogen-bond acceptors (Lipinski definition) is 3. The third-order valence-corrected chi connectivity index (χ3v) is 3.47. The fourth-order valence-corrected chi connectivity index (χ4v) is 2.43. The molecule has 2 atom stereocenters. The molecule has 4 heteroatoms. The Kier molecular flexibility index (Phi) is 4.56. The zero-order valence-electron chi connectivity index (χ0n) is 11.8. The van der Waals surface area contributed by atoms with Crippen molar-refractivity contribution in [1.82, 2.24) is 10.6 Å². The van der Waals surface area contributed by atoms with Gasteiger partial charge in [0, 0.05) is 13.1 Å². The van der Waals surface area contributed by atoms with E-state index in [4.69, 9.17) is 4.74 Å². The number of aryl methyl sites for hydroxylation is 2. The minimum atomic E-state index is -0.373. The molecule has 0 saturated carbocycles. The summed E-state index contributed by atoms with van der Waals surface area (Å²) < 4.78 is 5.45. The number of carbonyl (C=O) groups is 1. The highest BCUT2D eigenvalue weighted by atomic mass is 16.5. The molecule has 2 N–H and O–H groups in total. The minimum Gasteiger partial charge on any atom is -0.366 e. The SMILES string of the molecule is Cc1ccc(C(C)NC(=O)C2CNCCO2)c(C)c1. The summed E-state index contributed by atoms with van der Waals surface area (Å²) in [6, 6.07) is 6.29. The van der Waals surface area contributed by atoms with Crippen LogP contribution in [0.4, 0.5) is 0 Å². The maximum Gasteiger partial charge on any atom is 0.250 e. The van der Waals surface area contributed by atoms with Gasteiger partial charge in [0.15, 0.2) is 0 Å². The molecule has 1 fully saturated rings. The number of amides is 1. The Labute approximate surface area is 114 Å². The van der Waals surface area contributed by atoms with Gasteiger partial charge in [-0.3, -0.25) is 4.79 Å². The lowest BCUT2D eigenvalue weighted by molar-refractivity contribution is -0.134. The Morgan fingerprint density at radius 2 is 2.26 bits per heavy atom. The van der Waals surface area contributed by atoms with E-state index in [-0.39, 0.29) is 18.1 Å². The molecule has 1 aromatic carbocycles. The van der Waals surface area contributed by atoms with Gasteiger partial charge in [0.05, 0.1) is 12.6 Å². The topological polar surface area (TPSA) is 50.4 Å². The van der Waals surface area contributed by atoms with Crippen molar-refractivity contribution < 1.29 is 9.53 Å². The van der Waals surface area contributed by atoms with Crippen molar-refractivity contribution in [2.24, 2.45) is 0 Å². The van der Waals surface area contributed by atoms with Gasteiger partial charge in [-0.2, -0.15) is 0 Å². The van der Waals surface area contributed by atoms with Gasteiger partial charge in [0.2, 0.25) is 0 Å². The first kappa shape index (κ1) is 14.0. The zero-order valence-corrected chi connectivity index (χ0v) is 11.8. The number of ether oxygens (including phenoxy) is 1. The van der Waals surface area contributed by atoms with Crippen LogP contribution in [-0.4, -0.2) is 31.7 Å². The first-order valence-electron chi connectivity index (χ1n) is 6.78. The van der Waals surface area contributed by atoms with Crippen LogP contribution in [0.5, 0.6) is 0 Å². The molecule has 1 saturated heterocycles. The number of benzene rings is 1. The van der Waals surface area contributed by atoms with E-state index in [0.717, 1.165) is 12.1 Å². The number of carbonyl (C=O) groups excluding carboxylic acids is 1. The molecule has 0 aromatic heterocycles. The van der Waals surface area contributed by atoms with Crippen LogP contribution in [0, 0.1) is 13.8 Å². The van der Waals surface area contributed by atoms with Crippen molar-refractivity contribution >= 4 is 5.91 Å². The summed E-state index contributed by atoms with van der Waals surface area (Å²) >= 11 is 0. The van der Waals surface area contributed by atoms with E-state index in [1.165, 1.54) is 11.1 Å². The largest absolute Gasteiger partial charge is 0.366 e. The highest BCUT2D eigenvalue weighted by Gasteiger charge is 2.23. The first-order chi connectivity index (χ1) is 9.08. The average molecular weight is 262 g/mol. The molecule has 1 amide bonds. The standard InChI is InChI=1S/C15H22N2O2/c1-10-4-5-13(11(2)8-10)12(3)17-15(18)14-9-16-6-7-19-14/h4-5,8,12,14,16H,6-7,9H2,1-3H3,(H,17,18). The van der Waals surface area contributed by atoms with Crippen LogP contribution < -0.4 is 10.6 Å². The normalized spacial score (nSPS) is 20.9. The van der Waals surface area contributed by atoms with Crippen LogP contribution in [0.2, 0.25) is 0 Å². The van der Waals surface area contributed by atoms with Crippen molar-refractivity contribution in [3.63, 3.8) is 0 Å². The molecule has 0 aliphatic carbocycles. The summed E-state index contributed by atoms with van der Waals surface area (Å²) in [7, 11) is 0. The second kappa shape index (κ2) is 6.17. The molecule has 0 radical (unpaired) electrons. The van der Waals surface area contributed by atoms with Crippen LogP contribution in [0.1, 0.15) is 29.7 Å². The van der Waals surface area contributed by atoms with Gasteiger partial charge in [-0.05, 0) is 31.9 Å². The molecule has 4 nitrogen and oxygen atoms in total. The molecule has 1 aliphatic heterocycles. The van der Waals surface area contributed by atoms with Crippen LogP contribution in [0.3, 0.4) is 0 Å². The lowest BCUT2D eigenvalue weighted by Crippen LogP contribution is -2.48. The number of morpholine rings is 1. The van der Waals surface area contributed by atoms with Crippen molar-refractivity contribution in [3.8, 4) is 0 Å². The molecule has 19 heavy (non-hydrogen) atoms. The number of rotatable bonds is 3. The van der Waals surface area contributed by atoms with E-state index in [2.05, 4.69) is 42.7 Å². The van der Waals surface area contributed by atoms with Gasteiger partial charge in [0.25, 0.3) is 5.91 Å². The van der Waals surface area contributed by atoms with Crippen LogP contribution in [0.15, 0.2) is 18.2 Å². The smallest absolute Gasteiger partial charge is 0.250 e. The second-order valence-corrected chi connectivity index (χ2v) is 5.15. The molecule has 1 heterocycles. The quantitative estimate of drug-likeness (QED) is 0.867. The van der Waals surface area contributed by atoms with Gasteiger partial charge in [-0.25, -0.2) is 0 Å². The van der Waals surface area contributed by atoms with Gasteiger partial charge >= 0.3 is 0 Å². The second-order valence-electron chi connectivity index (χ2n) is 5.15. The highest BCUT2D eigenvalue weighted by molar-refractivity contribution is 5.81. The van der Waals surface area contributed by atoms with Gasteiger partial charge < -0.3 is 15.4 Å². The van der Waals surface area contributed by atoms with Gasteiger partial charge in [0.1, 0.15) is 6.10 Å². The van der Waals surface area contributed by atoms with E-state index in [9.17, 15) is 4.79 Å². The van der Waals surface area contributed by atoms with Crippen molar-refractivity contribution in [2.75, 3.05) is 19.7 Å². The van der Waals surface area contributed by atoms with Crippen molar-refractivity contribution in [3.05, 3.63) is 34.9 Å². The van der Waals surface area contributed by atoms with E-state index >= 15 is 0 Å². The first-order valence-corrected chi connectivity index (χ1v) is 6.78. The Hall–Kier alpha value is -1.39. The molecule has 0 bridgehead atoms. The molecular weight excluding hydrogens is 240 g/mol.